The van der Waals surface area contributed by atoms with Gasteiger partial charge in [0, 0.05) is 17.5 Å². The lowest BCUT2D eigenvalue weighted by Gasteiger charge is -2.29. The van der Waals surface area contributed by atoms with Gasteiger partial charge in [-0.3, -0.25) is 32.4 Å². The number of nitrogens with one attached hydrogen (secondary N) is 1. The lowest BCUT2D eigenvalue weighted by atomic mass is 10.2. The van der Waals surface area contributed by atoms with E-state index in [0.29, 0.717) is 28.8 Å². The van der Waals surface area contributed by atoms with Gasteiger partial charge in [-0.25, -0.2) is 13.9 Å². The van der Waals surface area contributed by atoms with Crippen LogP contribution in [0.3, 0.4) is 0 Å². The molecule has 2 aromatic carbocycles. The number of aromatic amines is 1. The van der Waals surface area contributed by atoms with Crippen molar-refractivity contribution in [3.05, 3.63) is 80.4 Å². The Kier molecular flexibility index (Phi) is 7.94. The SMILES string of the molecule is COc1cccc2c1OP(=O)(OC[C@H]1O[C@@H](n3cc(F)c(=O)[nH]c3=O)C[C@@H]1OP1(=O)OCc3cccc(OC)c3O1)OC2. The molecule has 5 atom stereocenters. The maximum absolute atomic E-state index is 14.1. The van der Waals surface area contributed by atoms with E-state index >= 15 is 0 Å². The summed E-state index contributed by atoms with van der Waals surface area (Å²) in [5.41, 5.74) is -1.05. The van der Waals surface area contributed by atoms with Crippen molar-refractivity contribution in [2.24, 2.45) is 0 Å². The van der Waals surface area contributed by atoms with Gasteiger partial charge in [0.05, 0.1) is 40.2 Å². The van der Waals surface area contributed by atoms with Gasteiger partial charge in [0.1, 0.15) is 18.4 Å². The quantitative estimate of drug-likeness (QED) is 0.352. The minimum Gasteiger partial charge on any atom is -0.493 e. The summed E-state index contributed by atoms with van der Waals surface area (Å²) in [4.78, 5) is 25.9. The second kappa shape index (κ2) is 11.5. The van der Waals surface area contributed by atoms with Crippen molar-refractivity contribution in [1.29, 1.82) is 0 Å². The van der Waals surface area contributed by atoms with E-state index in [2.05, 4.69) is 0 Å². The minimum absolute atomic E-state index is 0.109. The molecular weight excluding hydrogens is 617 g/mol. The molecule has 0 radical (unpaired) electrons. The summed E-state index contributed by atoms with van der Waals surface area (Å²) in [6.45, 7) is -0.768. The number of phosphoric ester groups is 2. The van der Waals surface area contributed by atoms with Crippen molar-refractivity contribution in [2.75, 3.05) is 20.8 Å². The highest BCUT2D eigenvalue weighted by molar-refractivity contribution is 7.49. The molecule has 1 aromatic heterocycles. The fourth-order valence-corrected chi connectivity index (χ4v) is 7.38. The summed E-state index contributed by atoms with van der Waals surface area (Å²) < 4.78 is 91.7. The molecule has 0 spiro atoms. The average molecular weight is 642 g/mol. The number of methoxy groups -OCH3 is 2. The first kappa shape index (κ1) is 29.6. The van der Waals surface area contributed by atoms with Gasteiger partial charge in [0.2, 0.25) is 5.82 Å². The van der Waals surface area contributed by atoms with Gasteiger partial charge >= 0.3 is 21.3 Å². The maximum Gasteiger partial charge on any atom is 0.530 e. The molecule has 3 aliphatic rings. The van der Waals surface area contributed by atoms with Crippen LogP contribution >= 0.6 is 15.6 Å². The first-order chi connectivity index (χ1) is 20.6. The Hall–Kier alpha value is -3.49. The number of hydrogen-bond acceptors (Lipinski definition) is 13. The number of nitrogens with zero attached hydrogens (tertiary/aromatic N) is 1. The molecule has 0 bridgehead atoms. The standard InChI is InChI=1S/C25H25FN2O13P2/c1-33-17-7-3-5-14-11-35-42(31,40-22(14)17)37-13-20-19(9-21(38-20)28-10-16(26)24(29)27-25(28)30)39-43(32)36-12-15-6-4-8-18(34-2)23(15)41-43/h3-8,10,19-21H,9,11-13H2,1-2H3,(H,27,29,30)/t19-,20+,21+,42?,43?/m0/s1. The van der Waals surface area contributed by atoms with Crippen LogP contribution in [-0.2, 0) is 45.2 Å². The Balaban J connectivity index is 1.25. The second-order valence-electron chi connectivity index (χ2n) is 9.47. The molecule has 1 N–H and O–H groups in total. The van der Waals surface area contributed by atoms with Crippen molar-refractivity contribution in [3.8, 4) is 23.0 Å². The van der Waals surface area contributed by atoms with Crippen LogP contribution in [0, 0.1) is 5.82 Å². The number of hydrogen-bond donors (Lipinski definition) is 1. The van der Waals surface area contributed by atoms with Gasteiger partial charge in [0.25, 0.3) is 5.56 Å². The molecular formula is C25H25FN2O13P2. The molecule has 18 heteroatoms. The molecule has 0 saturated carbocycles. The lowest BCUT2D eigenvalue weighted by Crippen LogP contribution is -2.34. The molecule has 230 valence electrons. The van der Waals surface area contributed by atoms with Crippen LogP contribution in [0.25, 0.3) is 0 Å². The third-order valence-corrected chi connectivity index (χ3v) is 9.50. The average Bonchev–Trinajstić information content (AvgIpc) is 3.38. The smallest absolute Gasteiger partial charge is 0.493 e. The van der Waals surface area contributed by atoms with Gasteiger partial charge in [-0.2, -0.15) is 4.39 Å². The van der Waals surface area contributed by atoms with Gasteiger partial charge in [-0.05, 0) is 12.1 Å². The number of benzene rings is 2. The van der Waals surface area contributed by atoms with Crippen molar-refractivity contribution in [1.82, 2.24) is 9.55 Å². The highest BCUT2D eigenvalue weighted by Gasteiger charge is 2.47. The Morgan fingerprint density at radius 2 is 1.56 bits per heavy atom. The van der Waals surface area contributed by atoms with Crippen LogP contribution in [0.1, 0.15) is 23.8 Å². The van der Waals surface area contributed by atoms with Crippen LogP contribution < -0.4 is 29.8 Å². The predicted molar refractivity (Wildman–Crippen MR) is 143 cm³/mol. The molecule has 1 saturated heterocycles. The zero-order valence-corrected chi connectivity index (χ0v) is 24.4. The molecule has 0 amide bonds. The normalized spacial score (nSPS) is 27.8. The number of H-pyrrole nitrogens is 1. The van der Waals surface area contributed by atoms with Crippen molar-refractivity contribution in [3.63, 3.8) is 0 Å². The molecule has 15 nitrogen and oxygen atoms in total. The van der Waals surface area contributed by atoms with Crippen LogP contribution in [0.15, 0.2) is 52.2 Å². The largest absolute Gasteiger partial charge is 0.530 e. The summed E-state index contributed by atoms with van der Waals surface area (Å²) in [5.74, 6) is -0.308. The van der Waals surface area contributed by atoms with E-state index < -0.39 is 57.8 Å². The fourth-order valence-electron chi connectivity index (χ4n) is 4.71. The first-order valence-electron chi connectivity index (χ1n) is 12.8. The molecule has 43 heavy (non-hydrogen) atoms. The second-order valence-corrected chi connectivity index (χ2v) is 12.6. The Morgan fingerprint density at radius 3 is 2.19 bits per heavy atom. The van der Waals surface area contributed by atoms with Crippen molar-refractivity contribution in [2.45, 2.75) is 38.1 Å². The Bertz CT molecular complexity index is 1730. The summed E-state index contributed by atoms with van der Waals surface area (Å²) >= 11 is 0. The Morgan fingerprint density at radius 1 is 0.953 bits per heavy atom. The van der Waals surface area contributed by atoms with E-state index in [-0.39, 0.29) is 31.1 Å². The van der Waals surface area contributed by atoms with Crippen LogP contribution in [0.5, 0.6) is 23.0 Å². The first-order valence-corrected chi connectivity index (χ1v) is 15.7. The summed E-state index contributed by atoms with van der Waals surface area (Å²) in [5, 5.41) is 0. The third-order valence-electron chi connectivity index (χ3n) is 6.80. The molecule has 3 aliphatic heterocycles. The summed E-state index contributed by atoms with van der Waals surface area (Å²) in [7, 11) is -5.73. The molecule has 1 fully saturated rings. The number of fused-ring (bicyclic) bond motifs is 2. The summed E-state index contributed by atoms with van der Waals surface area (Å²) in [6, 6.07) is 10.0. The summed E-state index contributed by atoms with van der Waals surface area (Å²) in [6.07, 6.45) is -3.15. The minimum atomic E-state index is -4.33. The van der Waals surface area contributed by atoms with E-state index in [1.165, 1.54) is 14.2 Å². The van der Waals surface area contributed by atoms with Gasteiger partial charge in [-0.15, -0.1) is 0 Å². The highest BCUT2D eigenvalue weighted by Crippen LogP contribution is 2.60. The number of ether oxygens (including phenoxy) is 3. The number of phosphoric acid groups is 2. The van der Waals surface area contributed by atoms with Crippen LogP contribution in [-0.4, -0.2) is 42.6 Å². The zero-order valence-electron chi connectivity index (χ0n) is 22.6. The third kappa shape index (κ3) is 5.87. The van der Waals surface area contributed by atoms with E-state index in [4.69, 9.17) is 41.4 Å². The zero-order chi connectivity index (χ0) is 30.4. The fraction of sp³-hybridized carbons (Fsp3) is 0.360. The van der Waals surface area contributed by atoms with Gasteiger partial charge in [0.15, 0.2) is 23.0 Å². The number of halogens is 1. The van der Waals surface area contributed by atoms with E-state index in [9.17, 15) is 23.1 Å². The Labute approximate surface area is 242 Å². The lowest BCUT2D eigenvalue weighted by molar-refractivity contribution is -0.0478. The van der Waals surface area contributed by atoms with Crippen molar-refractivity contribution >= 4 is 15.6 Å². The highest BCUT2D eigenvalue weighted by atomic mass is 31.2. The van der Waals surface area contributed by atoms with Gasteiger partial charge < -0.3 is 23.3 Å². The van der Waals surface area contributed by atoms with E-state index in [1.54, 1.807) is 36.4 Å². The molecule has 4 heterocycles. The predicted octanol–water partition coefficient (Wildman–Crippen LogP) is 3.82. The van der Waals surface area contributed by atoms with Crippen LogP contribution in [0.4, 0.5) is 4.39 Å². The number of rotatable bonds is 8. The molecule has 2 unspecified atom stereocenters. The molecule has 6 rings (SSSR count). The van der Waals surface area contributed by atoms with Gasteiger partial charge in [-0.1, -0.05) is 24.3 Å². The van der Waals surface area contributed by atoms with E-state index in [1.807, 2.05) is 4.98 Å². The number of aromatic nitrogens is 2. The van der Waals surface area contributed by atoms with E-state index in [0.717, 1.165) is 4.57 Å². The van der Waals surface area contributed by atoms with Crippen molar-refractivity contribution < 1.29 is 54.9 Å². The van der Waals surface area contributed by atoms with Crippen LogP contribution in [0.2, 0.25) is 0 Å². The monoisotopic (exact) mass is 642 g/mol. The number of para-hydroxylation sites is 2. The topological polar surface area (TPSA) is 172 Å². The maximum atomic E-state index is 14.1. The molecule has 3 aromatic rings. The molecule has 0 aliphatic carbocycles.